The highest BCUT2D eigenvalue weighted by molar-refractivity contribution is 9.11. The minimum atomic E-state index is 0.257. The van der Waals surface area contributed by atoms with Crippen LogP contribution in [0.4, 0.5) is 0 Å². The minimum Gasteiger partial charge on any atom is -0.306 e. The predicted octanol–water partition coefficient (Wildman–Crippen LogP) is 5.75. The van der Waals surface area contributed by atoms with Gasteiger partial charge in [-0.3, -0.25) is 0 Å². The molecule has 2 aromatic carbocycles. The largest absolute Gasteiger partial charge is 0.306 e. The Hall–Kier alpha value is -1.16. The number of hydrogen-bond acceptors (Lipinski definition) is 2. The fourth-order valence-electron chi connectivity index (χ4n) is 2.64. The standard InChI is InChI=1S/C18H18BrNS/c1-2-12-20-18(16-10-11-17(19)21-16)15-9-5-7-13-6-3-4-8-14(13)15/h3-11,18,20H,2,12H2,1H3. The Morgan fingerprint density at radius 2 is 1.86 bits per heavy atom. The quantitative estimate of drug-likeness (QED) is 0.611. The monoisotopic (exact) mass is 359 g/mol. The minimum absolute atomic E-state index is 0.257. The van der Waals surface area contributed by atoms with Crippen LogP contribution in [0.25, 0.3) is 10.8 Å². The van der Waals surface area contributed by atoms with Crippen LogP contribution in [-0.2, 0) is 0 Å². The molecule has 0 saturated heterocycles. The van der Waals surface area contributed by atoms with E-state index in [4.69, 9.17) is 0 Å². The van der Waals surface area contributed by atoms with Crippen molar-refractivity contribution in [2.45, 2.75) is 19.4 Å². The van der Waals surface area contributed by atoms with Crippen molar-refractivity contribution in [1.29, 1.82) is 0 Å². The highest BCUT2D eigenvalue weighted by Crippen LogP contribution is 2.34. The second-order valence-corrected chi connectivity index (χ2v) is 7.59. The van der Waals surface area contributed by atoms with Gasteiger partial charge in [0.15, 0.2) is 0 Å². The molecular weight excluding hydrogens is 342 g/mol. The molecule has 0 fully saturated rings. The highest BCUT2D eigenvalue weighted by atomic mass is 79.9. The summed E-state index contributed by atoms with van der Waals surface area (Å²) in [6, 6.07) is 19.8. The zero-order valence-corrected chi connectivity index (χ0v) is 14.4. The van der Waals surface area contributed by atoms with Crippen LogP contribution in [0.3, 0.4) is 0 Å². The number of benzene rings is 2. The van der Waals surface area contributed by atoms with Crippen LogP contribution >= 0.6 is 27.3 Å². The number of halogens is 1. The van der Waals surface area contributed by atoms with E-state index in [1.54, 1.807) is 11.3 Å². The van der Waals surface area contributed by atoms with Crippen LogP contribution in [0.15, 0.2) is 58.4 Å². The summed E-state index contributed by atoms with van der Waals surface area (Å²) in [7, 11) is 0. The summed E-state index contributed by atoms with van der Waals surface area (Å²) in [5.41, 5.74) is 1.36. The SMILES string of the molecule is CCCNC(c1ccc(Br)s1)c1cccc2ccccc12. The highest BCUT2D eigenvalue weighted by Gasteiger charge is 2.17. The molecule has 0 aliphatic rings. The molecule has 3 aromatic rings. The zero-order valence-electron chi connectivity index (χ0n) is 12.0. The predicted molar refractivity (Wildman–Crippen MR) is 96.1 cm³/mol. The Kier molecular flexibility index (Phi) is 4.73. The number of thiophene rings is 1. The Morgan fingerprint density at radius 1 is 1.05 bits per heavy atom. The van der Waals surface area contributed by atoms with Crippen LogP contribution in [0.1, 0.15) is 29.8 Å². The summed E-state index contributed by atoms with van der Waals surface area (Å²) < 4.78 is 1.18. The van der Waals surface area contributed by atoms with E-state index >= 15 is 0 Å². The third kappa shape index (κ3) is 3.20. The molecule has 1 N–H and O–H groups in total. The molecule has 0 bridgehead atoms. The van der Waals surface area contributed by atoms with Gasteiger partial charge < -0.3 is 5.32 Å². The topological polar surface area (TPSA) is 12.0 Å². The summed E-state index contributed by atoms with van der Waals surface area (Å²) in [4.78, 5) is 1.35. The third-order valence-electron chi connectivity index (χ3n) is 3.61. The summed E-state index contributed by atoms with van der Waals surface area (Å²) in [5.74, 6) is 0. The van der Waals surface area contributed by atoms with Crippen molar-refractivity contribution in [3.63, 3.8) is 0 Å². The van der Waals surface area contributed by atoms with E-state index in [2.05, 4.69) is 82.8 Å². The maximum Gasteiger partial charge on any atom is 0.0702 e. The molecule has 21 heavy (non-hydrogen) atoms. The van der Waals surface area contributed by atoms with E-state index in [0.717, 1.165) is 13.0 Å². The van der Waals surface area contributed by atoms with Crippen molar-refractivity contribution >= 4 is 38.0 Å². The van der Waals surface area contributed by atoms with Gasteiger partial charge in [0.05, 0.1) is 9.83 Å². The van der Waals surface area contributed by atoms with Crippen molar-refractivity contribution in [1.82, 2.24) is 5.32 Å². The molecule has 108 valence electrons. The number of fused-ring (bicyclic) bond motifs is 1. The molecule has 1 heterocycles. The molecule has 0 amide bonds. The Bertz CT molecular complexity index is 729. The van der Waals surface area contributed by atoms with Gasteiger partial charge in [0.2, 0.25) is 0 Å². The van der Waals surface area contributed by atoms with Gasteiger partial charge in [-0.1, -0.05) is 49.4 Å². The first-order chi connectivity index (χ1) is 10.3. The van der Waals surface area contributed by atoms with Crippen LogP contribution in [0.2, 0.25) is 0 Å². The third-order valence-corrected chi connectivity index (χ3v) is 5.30. The lowest BCUT2D eigenvalue weighted by atomic mass is 9.97. The van der Waals surface area contributed by atoms with E-state index in [1.165, 1.54) is 25.0 Å². The molecule has 0 spiro atoms. The molecule has 0 aliphatic carbocycles. The van der Waals surface area contributed by atoms with E-state index in [1.807, 2.05) is 0 Å². The van der Waals surface area contributed by atoms with Gasteiger partial charge in [-0.05, 0) is 57.4 Å². The number of rotatable bonds is 5. The Labute approximate surface area is 138 Å². The summed E-state index contributed by atoms with van der Waals surface area (Å²) in [6.45, 7) is 3.22. The molecule has 0 saturated carbocycles. The molecule has 1 unspecified atom stereocenters. The molecular formula is C18H18BrNS. The van der Waals surface area contributed by atoms with Crippen LogP contribution in [0, 0.1) is 0 Å². The fraction of sp³-hybridized carbons (Fsp3) is 0.222. The van der Waals surface area contributed by atoms with E-state index in [-0.39, 0.29) is 6.04 Å². The van der Waals surface area contributed by atoms with Crippen molar-refractivity contribution in [2.75, 3.05) is 6.54 Å². The lowest BCUT2D eigenvalue weighted by molar-refractivity contribution is 0.609. The number of hydrogen-bond donors (Lipinski definition) is 1. The van der Waals surface area contributed by atoms with E-state index in [9.17, 15) is 0 Å². The van der Waals surface area contributed by atoms with Gasteiger partial charge in [-0.2, -0.15) is 0 Å². The van der Waals surface area contributed by atoms with Gasteiger partial charge >= 0.3 is 0 Å². The second kappa shape index (κ2) is 6.73. The second-order valence-electron chi connectivity index (χ2n) is 5.10. The first-order valence-electron chi connectivity index (χ1n) is 7.26. The molecule has 1 nitrogen and oxygen atoms in total. The Morgan fingerprint density at radius 3 is 2.62 bits per heavy atom. The van der Waals surface area contributed by atoms with E-state index < -0.39 is 0 Å². The first-order valence-corrected chi connectivity index (χ1v) is 8.87. The van der Waals surface area contributed by atoms with Gasteiger partial charge in [-0.25, -0.2) is 0 Å². The van der Waals surface area contributed by atoms with Crippen LogP contribution in [-0.4, -0.2) is 6.54 Å². The lowest BCUT2D eigenvalue weighted by Crippen LogP contribution is -2.22. The number of nitrogens with one attached hydrogen (secondary N) is 1. The fourth-order valence-corrected chi connectivity index (χ4v) is 4.16. The molecule has 0 radical (unpaired) electrons. The molecule has 3 rings (SSSR count). The van der Waals surface area contributed by atoms with Gasteiger partial charge in [0, 0.05) is 4.88 Å². The first kappa shape index (κ1) is 14.8. The normalized spacial score (nSPS) is 12.7. The summed E-state index contributed by atoms with van der Waals surface area (Å²) >= 11 is 5.39. The Balaban J connectivity index is 2.09. The van der Waals surface area contributed by atoms with Gasteiger partial charge in [0.1, 0.15) is 0 Å². The molecule has 1 atom stereocenters. The smallest absolute Gasteiger partial charge is 0.0702 e. The summed E-state index contributed by atoms with van der Waals surface area (Å²) in [5, 5.41) is 6.33. The maximum atomic E-state index is 3.70. The van der Waals surface area contributed by atoms with Crippen molar-refractivity contribution < 1.29 is 0 Å². The average Bonchev–Trinajstić information content (AvgIpc) is 2.94. The van der Waals surface area contributed by atoms with Crippen molar-refractivity contribution in [3.05, 3.63) is 68.8 Å². The van der Waals surface area contributed by atoms with Crippen molar-refractivity contribution in [2.24, 2.45) is 0 Å². The van der Waals surface area contributed by atoms with E-state index in [0.29, 0.717) is 0 Å². The maximum absolute atomic E-state index is 3.70. The lowest BCUT2D eigenvalue weighted by Gasteiger charge is -2.19. The van der Waals surface area contributed by atoms with Crippen molar-refractivity contribution in [3.8, 4) is 0 Å². The van der Waals surface area contributed by atoms with Gasteiger partial charge in [0.25, 0.3) is 0 Å². The zero-order chi connectivity index (χ0) is 14.7. The molecule has 1 aromatic heterocycles. The van der Waals surface area contributed by atoms with Crippen LogP contribution in [0.5, 0.6) is 0 Å². The van der Waals surface area contributed by atoms with Gasteiger partial charge in [-0.15, -0.1) is 11.3 Å². The molecule has 3 heteroatoms. The molecule has 0 aliphatic heterocycles. The average molecular weight is 360 g/mol. The van der Waals surface area contributed by atoms with Crippen LogP contribution < -0.4 is 5.32 Å². The summed E-state index contributed by atoms with van der Waals surface area (Å²) in [6.07, 6.45) is 1.13.